The van der Waals surface area contributed by atoms with E-state index in [1.54, 1.807) is 0 Å². The summed E-state index contributed by atoms with van der Waals surface area (Å²) in [5.41, 5.74) is 8.21. The van der Waals surface area contributed by atoms with Crippen LogP contribution in [0.1, 0.15) is 25.7 Å². The zero-order valence-electron chi connectivity index (χ0n) is 10.3. The first kappa shape index (κ1) is 11.0. The quantitative estimate of drug-likeness (QED) is 0.764. The second kappa shape index (κ2) is 4.29. The molecule has 3 rings (SSSR count). The normalized spacial score (nSPS) is 11.4. The molecule has 3 aromatic rings. The van der Waals surface area contributed by atoms with Crippen LogP contribution in [0, 0.1) is 0 Å². The van der Waals surface area contributed by atoms with Crippen molar-refractivity contribution in [1.82, 2.24) is 9.97 Å². The highest BCUT2D eigenvalue weighted by Crippen LogP contribution is 2.28. The van der Waals surface area contributed by atoms with Crippen molar-refractivity contribution in [2.45, 2.75) is 26.2 Å². The summed E-state index contributed by atoms with van der Waals surface area (Å²) < 4.78 is 5.71. The number of benzene rings is 1. The van der Waals surface area contributed by atoms with E-state index in [-0.39, 0.29) is 0 Å². The van der Waals surface area contributed by atoms with Crippen molar-refractivity contribution in [2.75, 3.05) is 5.73 Å². The molecule has 0 aliphatic heterocycles. The lowest BCUT2D eigenvalue weighted by atomic mass is 10.2. The van der Waals surface area contributed by atoms with Crippen LogP contribution < -0.4 is 5.73 Å². The Bertz CT molecular complexity index is 703. The summed E-state index contributed by atoms with van der Waals surface area (Å²) in [5, 5.41) is 0.994. The Morgan fingerprint density at radius 3 is 2.89 bits per heavy atom. The number of hydrogen-bond acceptors (Lipinski definition) is 4. The third kappa shape index (κ3) is 1.70. The smallest absolute Gasteiger partial charge is 0.197 e. The molecule has 4 heteroatoms. The largest absolute Gasteiger partial charge is 0.437 e. The summed E-state index contributed by atoms with van der Waals surface area (Å²) in [7, 11) is 0. The number of aromatic nitrogens is 2. The standard InChI is InChI=1S/C14H15N3O/c1-2-3-8-11-17-12-9-6-4-5-7-10(9)16-14(15)13(12)18-11/h4-7H,2-3,8H2,1H3,(H2,15,16). The Labute approximate surface area is 105 Å². The number of fused-ring (bicyclic) bond motifs is 3. The highest BCUT2D eigenvalue weighted by molar-refractivity contribution is 6.05. The molecule has 0 aliphatic rings. The van der Waals surface area contributed by atoms with Gasteiger partial charge in [0.1, 0.15) is 5.52 Å². The van der Waals surface area contributed by atoms with Gasteiger partial charge in [0, 0.05) is 11.8 Å². The second-order valence-electron chi connectivity index (χ2n) is 4.40. The lowest BCUT2D eigenvalue weighted by Gasteiger charge is -1.98. The number of oxazole rings is 1. The molecule has 0 atom stereocenters. The first-order valence-electron chi connectivity index (χ1n) is 6.23. The maximum Gasteiger partial charge on any atom is 0.197 e. The van der Waals surface area contributed by atoms with E-state index < -0.39 is 0 Å². The van der Waals surface area contributed by atoms with E-state index in [4.69, 9.17) is 10.2 Å². The highest BCUT2D eigenvalue weighted by Gasteiger charge is 2.13. The summed E-state index contributed by atoms with van der Waals surface area (Å²) in [4.78, 5) is 8.89. The molecular weight excluding hydrogens is 226 g/mol. The third-order valence-corrected chi connectivity index (χ3v) is 3.05. The molecule has 0 saturated heterocycles. The molecule has 2 N–H and O–H groups in total. The molecular formula is C14H15N3O. The van der Waals surface area contributed by atoms with E-state index in [0.717, 1.165) is 41.6 Å². The van der Waals surface area contributed by atoms with E-state index in [1.165, 1.54) is 0 Å². The summed E-state index contributed by atoms with van der Waals surface area (Å²) in [6.45, 7) is 2.15. The maximum atomic E-state index is 5.92. The van der Waals surface area contributed by atoms with Crippen LogP contribution in [0.2, 0.25) is 0 Å². The van der Waals surface area contributed by atoms with E-state index >= 15 is 0 Å². The topological polar surface area (TPSA) is 64.9 Å². The summed E-state index contributed by atoms with van der Waals surface area (Å²) in [6, 6.07) is 7.85. The van der Waals surface area contributed by atoms with E-state index in [9.17, 15) is 0 Å². The van der Waals surface area contributed by atoms with E-state index in [1.807, 2.05) is 24.3 Å². The van der Waals surface area contributed by atoms with Crippen molar-refractivity contribution in [2.24, 2.45) is 0 Å². The number of anilines is 1. The minimum Gasteiger partial charge on any atom is -0.437 e. The Hall–Kier alpha value is -2.10. The lowest BCUT2D eigenvalue weighted by Crippen LogP contribution is -1.91. The fourth-order valence-corrected chi connectivity index (χ4v) is 2.11. The molecule has 0 radical (unpaired) electrons. The number of nitrogens with zero attached hydrogens (tertiary/aromatic N) is 2. The fraction of sp³-hybridized carbons (Fsp3) is 0.286. The third-order valence-electron chi connectivity index (χ3n) is 3.05. The van der Waals surface area contributed by atoms with Gasteiger partial charge in [-0.3, -0.25) is 0 Å². The first-order chi connectivity index (χ1) is 8.79. The number of hydrogen-bond donors (Lipinski definition) is 1. The summed E-state index contributed by atoms with van der Waals surface area (Å²) >= 11 is 0. The maximum absolute atomic E-state index is 5.92. The molecule has 0 aliphatic carbocycles. The van der Waals surface area contributed by atoms with Crippen LogP contribution in [-0.4, -0.2) is 9.97 Å². The SMILES string of the molecule is CCCCc1nc2c(o1)c(N)nc1ccccc12. The molecule has 0 amide bonds. The van der Waals surface area contributed by atoms with Crippen molar-refractivity contribution in [3.05, 3.63) is 30.2 Å². The number of aryl methyl sites for hydroxylation is 1. The summed E-state index contributed by atoms with van der Waals surface area (Å²) in [5.74, 6) is 1.16. The number of pyridine rings is 1. The average molecular weight is 241 g/mol. The predicted octanol–water partition coefficient (Wildman–Crippen LogP) is 3.30. The van der Waals surface area contributed by atoms with Crippen LogP contribution in [0.4, 0.5) is 5.82 Å². The van der Waals surface area contributed by atoms with Gasteiger partial charge in [0.25, 0.3) is 0 Å². The molecule has 0 spiro atoms. The molecule has 1 aromatic carbocycles. The van der Waals surface area contributed by atoms with Crippen LogP contribution in [0.3, 0.4) is 0 Å². The number of unbranched alkanes of at least 4 members (excludes halogenated alkanes) is 1. The van der Waals surface area contributed by atoms with Crippen molar-refractivity contribution in [3.8, 4) is 0 Å². The van der Waals surface area contributed by atoms with Crippen molar-refractivity contribution in [3.63, 3.8) is 0 Å². The average Bonchev–Trinajstić information content (AvgIpc) is 2.81. The predicted molar refractivity (Wildman–Crippen MR) is 72.3 cm³/mol. The molecule has 0 saturated carbocycles. The van der Waals surface area contributed by atoms with Crippen LogP contribution in [0.25, 0.3) is 22.0 Å². The number of nitrogen functional groups attached to an aromatic ring is 1. The van der Waals surface area contributed by atoms with E-state index in [2.05, 4.69) is 16.9 Å². The highest BCUT2D eigenvalue weighted by atomic mass is 16.3. The van der Waals surface area contributed by atoms with Crippen molar-refractivity contribution in [1.29, 1.82) is 0 Å². The minimum atomic E-state index is 0.416. The second-order valence-corrected chi connectivity index (χ2v) is 4.40. The molecule has 2 aromatic heterocycles. The lowest BCUT2D eigenvalue weighted by molar-refractivity contribution is 0.518. The monoisotopic (exact) mass is 241 g/mol. The van der Waals surface area contributed by atoms with Gasteiger partial charge in [-0.05, 0) is 12.5 Å². The first-order valence-corrected chi connectivity index (χ1v) is 6.23. The molecule has 18 heavy (non-hydrogen) atoms. The molecule has 0 bridgehead atoms. The molecule has 0 unspecified atom stereocenters. The Balaban J connectivity index is 2.24. The minimum absolute atomic E-state index is 0.416. The van der Waals surface area contributed by atoms with Gasteiger partial charge in [0.15, 0.2) is 17.3 Å². The van der Waals surface area contributed by atoms with Gasteiger partial charge in [0.05, 0.1) is 5.52 Å². The Kier molecular flexibility index (Phi) is 2.63. The molecule has 0 fully saturated rings. The Morgan fingerprint density at radius 2 is 2.06 bits per heavy atom. The number of rotatable bonds is 3. The molecule has 4 nitrogen and oxygen atoms in total. The van der Waals surface area contributed by atoms with Crippen molar-refractivity contribution >= 4 is 27.8 Å². The van der Waals surface area contributed by atoms with Crippen LogP contribution in [-0.2, 0) is 6.42 Å². The molecule has 92 valence electrons. The van der Waals surface area contributed by atoms with Gasteiger partial charge < -0.3 is 10.2 Å². The van der Waals surface area contributed by atoms with Gasteiger partial charge in [-0.15, -0.1) is 0 Å². The molecule has 2 heterocycles. The van der Waals surface area contributed by atoms with Gasteiger partial charge in [0.2, 0.25) is 0 Å². The fourth-order valence-electron chi connectivity index (χ4n) is 2.11. The summed E-state index contributed by atoms with van der Waals surface area (Å²) in [6.07, 6.45) is 3.03. The zero-order chi connectivity index (χ0) is 12.5. The van der Waals surface area contributed by atoms with Gasteiger partial charge in [-0.25, -0.2) is 9.97 Å². The van der Waals surface area contributed by atoms with Crippen molar-refractivity contribution < 1.29 is 4.42 Å². The van der Waals surface area contributed by atoms with Crippen LogP contribution >= 0.6 is 0 Å². The zero-order valence-corrected chi connectivity index (χ0v) is 10.3. The van der Waals surface area contributed by atoms with E-state index in [0.29, 0.717) is 11.4 Å². The van der Waals surface area contributed by atoms with Gasteiger partial charge in [-0.1, -0.05) is 31.5 Å². The van der Waals surface area contributed by atoms with Crippen LogP contribution in [0.15, 0.2) is 28.7 Å². The number of para-hydroxylation sites is 1. The van der Waals surface area contributed by atoms with Gasteiger partial charge >= 0.3 is 0 Å². The number of nitrogens with two attached hydrogens (primary N) is 1. The van der Waals surface area contributed by atoms with Crippen LogP contribution in [0.5, 0.6) is 0 Å². The van der Waals surface area contributed by atoms with Gasteiger partial charge in [-0.2, -0.15) is 0 Å². The Morgan fingerprint density at radius 1 is 1.22 bits per heavy atom.